The molecular weight excluding hydrogens is 463 g/mol. The molecule has 3 aromatic rings. The van der Waals surface area contributed by atoms with Gasteiger partial charge in [-0.05, 0) is 60.5 Å². The van der Waals surface area contributed by atoms with Gasteiger partial charge in [-0.25, -0.2) is 9.69 Å². The number of hydrogen-bond donors (Lipinski definition) is 1. The van der Waals surface area contributed by atoms with Crippen LogP contribution < -0.4 is 15.0 Å². The highest BCUT2D eigenvalue weighted by atomic mass is 35.5. The van der Waals surface area contributed by atoms with Gasteiger partial charge in [0.25, 0.3) is 11.8 Å². The predicted octanol–water partition coefficient (Wildman–Crippen LogP) is 5.55. The Morgan fingerprint density at radius 2 is 1.73 bits per heavy atom. The molecule has 1 aliphatic rings. The molecular formula is C25H18Cl2N2O4. The zero-order chi connectivity index (χ0) is 23.5. The Morgan fingerprint density at radius 3 is 2.42 bits per heavy atom. The third-order valence-electron chi connectivity index (χ3n) is 4.94. The van der Waals surface area contributed by atoms with Crippen LogP contribution in [0.2, 0.25) is 10.0 Å². The maximum Gasteiger partial charge on any atom is 0.335 e. The van der Waals surface area contributed by atoms with E-state index in [2.05, 4.69) is 5.32 Å². The van der Waals surface area contributed by atoms with Gasteiger partial charge in [-0.2, -0.15) is 0 Å². The Bertz CT molecular complexity index is 1290. The Kier molecular flexibility index (Phi) is 6.49. The van der Waals surface area contributed by atoms with E-state index in [4.69, 9.17) is 27.9 Å². The minimum atomic E-state index is -0.797. The molecule has 0 saturated carbocycles. The fraction of sp³-hybridized carbons (Fsp3) is 0.0800. The number of barbiturate groups is 1. The standard InChI is InChI=1S/C25H18Cl2N2O4/c1-15-5-8-19(9-6-15)29-24(31)20(23(30)28-25(29)32)12-16-7-10-22(21(27)13-16)33-14-17-3-2-4-18(26)11-17/h2-13H,14H2,1H3,(H,28,30,32)/b20-12+. The molecule has 166 valence electrons. The van der Waals surface area contributed by atoms with Crippen LogP contribution >= 0.6 is 23.2 Å². The second-order valence-corrected chi connectivity index (χ2v) is 8.25. The Hall–Kier alpha value is -3.61. The summed E-state index contributed by atoms with van der Waals surface area (Å²) in [5.74, 6) is -1.05. The van der Waals surface area contributed by atoms with Crippen LogP contribution in [0, 0.1) is 6.92 Å². The first-order valence-corrected chi connectivity index (χ1v) is 10.7. The van der Waals surface area contributed by atoms with Gasteiger partial charge in [0.2, 0.25) is 0 Å². The third-order valence-corrected chi connectivity index (χ3v) is 5.47. The average Bonchev–Trinajstić information content (AvgIpc) is 2.77. The zero-order valence-electron chi connectivity index (χ0n) is 17.5. The van der Waals surface area contributed by atoms with E-state index in [1.54, 1.807) is 54.6 Å². The Labute approximate surface area is 200 Å². The fourth-order valence-electron chi connectivity index (χ4n) is 3.26. The normalized spacial score (nSPS) is 15.1. The number of imide groups is 2. The van der Waals surface area contributed by atoms with E-state index in [1.165, 1.54) is 6.08 Å². The number of benzene rings is 3. The van der Waals surface area contributed by atoms with Crippen molar-refractivity contribution in [2.24, 2.45) is 0 Å². The van der Waals surface area contributed by atoms with Gasteiger partial charge in [-0.3, -0.25) is 14.9 Å². The van der Waals surface area contributed by atoms with Crippen LogP contribution in [0.4, 0.5) is 10.5 Å². The molecule has 0 aliphatic carbocycles. The molecule has 6 nitrogen and oxygen atoms in total. The highest BCUT2D eigenvalue weighted by molar-refractivity contribution is 6.39. The van der Waals surface area contributed by atoms with E-state index in [9.17, 15) is 14.4 Å². The molecule has 1 heterocycles. The van der Waals surface area contributed by atoms with E-state index < -0.39 is 17.8 Å². The lowest BCUT2D eigenvalue weighted by atomic mass is 10.1. The van der Waals surface area contributed by atoms with Gasteiger partial charge in [-0.15, -0.1) is 0 Å². The topological polar surface area (TPSA) is 75.7 Å². The number of amides is 4. The molecule has 4 amide bonds. The Morgan fingerprint density at radius 1 is 0.970 bits per heavy atom. The Balaban J connectivity index is 1.56. The molecule has 33 heavy (non-hydrogen) atoms. The van der Waals surface area contributed by atoms with Gasteiger partial charge >= 0.3 is 6.03 Å². The van der Waals surface area contributed by atoms with Crippen molar-refractivity contribution in [2.45, 2.75) is 13.5 Å². The third kappa shape index (κ3) is 5.08. The molecule has 0 radical (unpaired) electrons. The SMILES string of the molecule is Cc1ccc(N2C(=O)NC(=O)/C(=C\c3ccc(OCc4cccc(Cl)c4)c(Cl)c3)C2=O)cc1. The minimum absolute atomic E-state index is 0.182. The molecule has 1 aliphatic heterocycles. The lowest BCUT2D eigenvalue weighted by Gasteiger charge is -2.26. The number of nitrogens with one attached hydrogen (secondary N) is 1. The fourth-order valence-corrected chi connectivity index (χ4v) is 3.72. The van der Waals surface area contributed by atoms with Gasteiger partial charge in [0.15, 0.2) is 0 Å². The van der Waals surface area contributed by atoms with Crippen molar-refractivity contribution in [3.05, 3.63) is 99.0 Å². The molecule has 0 unspecified atom stereocenters. The summed E-state index contributed by atoms with van der Waals surface area (Å²) in [4.78, 5) is 38.6. The van der Waals surface area contributed by atoms with Crippen molar-refractivity contribution in [1.82, 2.24) is 5.32 Å². The number of aryl methyl sites for hydroxylation is 1. The molecule has 4 rings (SSSR count). The van der Waals surface area contributed by atoms with Crippen LogP contribution in [-0.2, 0) is 16.2 Å². The molecule has 0 atom stereocenters. The van der Waals surface area contributed by atoms with Crippen LogP contribution in [0.15, 0.2) is 72.3 Å². The predicted molar refractivity (Wildman–Crippen MR) is 127 cm³/mol. The zero-order valence-corrected chi connectivity index (χ0v) is 19.0. The number of hydrogen-bond acceptors (Lipinski definition) is 4. The molecule has 1 saturated heterocycles. The van der Waals surface area contributed by atoms with Gasteiger partial charge in [0.05, 0.1) is 10.7 Å². The summed E-state index contributed by atoms with van der Waals surface area (Å²) in [6, 6.07) is 18.2. The largest absolute Gasteiger partial charge is 0.487 e. The summed E-state index contributed by atoms with van der Waals surface area (Å²) in [5, 5.41) is 3.12. The van der Waals surface area contributed by atoms with Gasteiger partial charge in [0, 0.05) is 5.02 Å². The van der Waals surface area contributed by atoms with E-state index in [-0.39, 0.29) is 12.2 Å². The van der Waals surface area contributed by atoms with E-state index in [0.717, 1.165) is 16.0 Å². The quantitative estimate of drug-likeness (QED) is 0.383. The number of carbonyl (C=O) groups excluding carboxylic acids is 3. The summed E-state index contributed by atoms with van der Waals surface area (Å²) in [6.45, 7) is 2.16. The van der Waals surface area contributed by atoms with Crippen LogP contribution in [0.1, 0.15) is 16.7 Å². The van der Waals surface area contributed by atoms with Gasteiger partial charge < -0.3 is 4.74 Å². The first kappa shape index (κ1) is 22.6. The smallest absolute Gasteiger partial charge is 0.335 e. The van der Waals surface area contributed by atoms with Crippen molar-refractivity contribution in [1.29, 1.82) is 0 Å². The number of carbonyl (C=O) groups is 3. The van der Waals surface area contributed by atoms with E-state index >= 15 is 0 Å². The number of halogens is 2. The van der Waals surface area contributed by atoms with Crippen molar-refractivity contribution in [3.8, 4) is 5.75 Å². The summed E-state index contributed by atoms with van der Waals surface area (Å²) >= 11 is 12.3. The van der Waals surface area contributed by atoms with Crippen molar-refractivity contribution in [3.63, 3.8) is 0 Å². The van der Waals surface area contributed by atoms with Crippen molar-refractivity contribution < 1.29 is 19.1 Å². The number of rotatable bonds is 5. The second-order valence-electron chi connectivity index (χ2n) is 7.40. The lowest BCUT2D eigenvalue weighted by Crippen LogP contribution is -2.54. The van der Waals surface area contributed by atoms with Crippen LogP contribution in [-0.4, -0.2) is 17.8 Å². The molecule has 3 aromatic carbocycles. The molecule has 1 N–H and O–H groups in total. The number of anilines is 1. The number of nitrogens with zero attached hydrogens (tertiary/aromatic N) is 1. The van der Waals surface area contributed by atoms with Crippen LogP contribution in [0.3, 0.4) is 0 Å². The van der Waals surface area contributed by atoms with Crippen molar-refractivity contribution in [2.75, 3.05) is 4.90 Å². The van der Waals surface area contributed by atoms with Crippen LogP contribution in [0.25, 0.3) is 6.08 Å². The van der Waals surface area contributed by atoms with E-state index in [0.29, 0.717) is 27.0 Å². The lowest BCUT2D eigenvalue weighted by molar-refractivity contribution is -0.122. The summed E-state index contributed by atoms with van der Waals surface area (Å²) in [7, 11) is 0. The van der Waals surface area contributed by atoms with Gasteiger partial charge in [-0.1, -0.05) is 59.1 Å². The monoisotopic (exact) mass is 480 g/mol. The maximum absolute atomic E-state index is 13.0. The van der Waals surface area contributed by atoms with Crippen molar-refractivity contribution >= 4 is 52.8 Å². The van der Waals surface area contributed by atoms with E-state index in [1.807, 2.05) is 19.1 Å². The number of ether oxygens (including phenoxy) is 1. The summed E-state index contributed by atoms with van der Waals surface area (Å²) < 4.78 is 5.75. The second kappa shape index (κ2) is 9.48. The molecule has 0 spiro atoms. The minimum Gasteiger partial charge on any atom is -0.487 e. The summed E-state index contributed by atoms with van der Waals surface area (Å²) in [5.41, 5.74) is 2.55. The van der Waals surface area contributed by atoms with Gasteiger partial charge in [0.1, 0.15) is 17.9 Å². The first-order valence-electron chi connectivity index (χ1n) is 9.97. The molecule has 0 bridgehead atoms. The molecule has 8 heteroatoms. The highest BCUT2D eigenvalue weighted by Crippen LogP contribution is 2.29. The maximum atomic E-state index is 13.0. The molecule has 1 fully saturated rings. The first-order chi connectivity index (χ1) is 15.8. The van der Waals surface area contributed by atoms with Crippen LogP contribution in [0.5, 0.6) is 5.75 Å². The average molecular weight is 481 g/mol. The molecule has 0 aromatic heterocycles. The summed E-state index contributed by atoms with van der Waals surface area (Å²) in [6.07, 6.45) is 1.39. The number of urea groups is 1. The highest BCUT2D eigenvalue weighted by Gasteiger charge is 2.36.